The minimum absolute atomic E-state index is 0.00357. The Kier molecular flexibility index (Phi) is 5.64. The Balaban J connectivity index is 1.75. The maximum absolute atomic E-state index is 13.0. The Morgan fingerprint density at radius 2 is 2.20 bits per heavy atom. The SMILES string of the molecule is CNC(C(=O)N1CCOC(c2ccc(Cl)c(Cl)c2)C1)c1cnn(C)c1. The number of aryl methyl sites for hydroxylation is 1. The van der Waals surface area contributed by atoms with Crippen LogP contribution in [0, 0.1) is 0 Å². The van der Waals surface area contributed by atoms with Gasteiger partial charge in [-0.1, -0.05) is 29.3 Å². The average Bonchev–Trinajstić information content (AvgIpc) is 3.04. The van der Waals surface area contributed by atoms with Crippen molar-refractivity contribution < 1.29 is 9.53 Å². The van der Waals surface area contributed by atoms with E-state index in [1.807, 2.05) is 24.2 Å². The third-order valence-electron chi connectivity index (χ3n) is 4.29. The summed E-state index contributed by atoms with van der Waals surface area (Å²) in [6.07, 6.45) is 3.32. The summed E-state index contributed by atoms with van der Waals surface area (Å²) in [6.45, 7) is 1.49. The Hall–Kier alpha value is -1.60. The first-order chi connectivity index (χ1) is 12.0. The fourth-order valence-electron chi connectivity index (χ4n) is 2.97. The van der Waals surface area contributed by atoms with Crippen molar-refractivity contribution in [3.8, 4) is 0 Å². The van der Waals surface area contributed by atoms with Crippen molar-refractivity contribution in [1.82, 2.24) is 20.0 Å². The lowest BCUT2D eigenvalue weighted by Gasteiger charge is -2.35. The van der Waals surface area contributed by atoms with Gasteiger partial charge >= 0.3 is 0 Å². The standard InChI is InChI=1S/C17H20Cl2N4O2/c1-20-16(12-8-21-22(2)9-12)17(24)23-5-6-25-15(10-23)11-3-4-13(18)14(19)7-11/h3-4,7-9,15-16,20H,5-6,10H2,1-2H3. The molecule has 1 aliphatic heterocycles. The van der Waals surface area contributed by atoms with Gasteiger partial charge in [-0.2, -0.15) is 5.10 Å². The molecule has 2 atom stereocenters. The van der Waals surface area contributed by atoms with E-state index < -0.39 is 6.04 Å². The minimum Gasteiger partial charge on any atom is -0.370 e. The van der Waals surface area contributed by atoms with E-state index >= 15 is 0 Å². The number of hydrogen-bond acceptors (Lipinski definition) is 4. The lowest BCUT2D eigenvalue weighted by atomic mass is 10.1. The van der Waals surface area contributed by atoms with Gasteiger partial charge in [-0.05, 0) is 24.7 Å². The van der Waals surface area contributed by atoms with Crippen LogP contribution in [0.15, 0.2) is 30.6 Å². The van der Waals surface area contributed by atoms with E-state index in [4.69, 9.17) is 27.9 Å². The van der Waals surface area contributed by atoms with Gasteiger partial charge in [0.05, 0.1) is 29.4 Å². The van der Waals surface area contributed by atoms with Crippen LogP contribution in [0.1, 0.15) is 23.3 Å². The molecule has 1 aromatic carbocycles. The summed E-state index contributed by atoms with van der Waals surface area (Å²) in [5.74, 6) is 0.00357. The Bertz CT molecular complexity index is 765. The van der Waals surface area contributed by atoms with E-state index in [2.05, 4.69) is 10.4 Å². The van der Waals surface area contributed by atoms with Crippen molar-refractivity contribution in [3.05, 3.63) is 51.8 Å². The van der Waals surface area contributed by atoms with Crippen LogP contribution < -0.4 is 5.32 Å². The first-order valence-electron chi connectivity index (χ1n) is 8.00. The van der Waals surface area contributed by atoms with Crippen molar-refractivity contribution in [2.75, 3.05) is 26.7 Å². The molecule has 0 saturated carbocycles. The summed E-state index contributed by atoms with van der Waals surface area (Å²) in [5.41, 5.74) is 1.75. The van der Waals surface area contributed by atoms with Crippen molar-refractivity contribution in [2.45, 2.75) is 12.1 Å². The zero-order chi connectivity index (χ0) is 18.0. The number of aromatic nitrogens is 2. The van der Waals surface area contributed by atoms with Crippen LogP contribution in [-0.2, 0) is 16.6 Å². The number of nitrogens with one attached hydrogen (secondary N) is 1. The molecule has 0 bridgehead atoms. The van der Waals surface area contributed by atoms with Gasteiger partial charge in [0.2, 0.25) is 5.91 Å². The van der Waals surface area contributed by atoms with Gasteiger partial charge in [-0.15, -0.1) is 0 Å². The molecule has 1 fully saturated rings. The number of carbonyl (C=O) groups is 1. The highest BCUT2D eigenvalue weighted by atomic mass is 35.5. The van der Waals surface area contributed by atoms with Gasteiger partial charge in [0, 0.05) is 25.4 Å². The minimum atomic E-state index is -0.429. The van der Waals surface area contributed by atoms with E-state index in [-0.39, 0.29) is 12.0 Å². The number of halogens is 2. The highest BCUT2D eigenvalue weighted by Crippen LogP contribution is 2.29. The van der Waals surface area contributed by atoms with E-state index in [1.54, 1.807) is 30.1 Å². The fraction of sp³-hybridized carbons (Fsp3) is 0.412. The van der Waals surface area contributed by atoms with Crippen molar-refractivity contribution in [2.24, 2.45) is 7.05 Å². The predicted molar refractivity (Wildman–Crippen MR) is 96.7 cm³/mol. The maximum atomic E-state index is 13.0. The molecule has 0 radical (unpaired) electrons. The second-order valence-electron chi connectivity index (χ2n) is 5.99. The molecule has 2 heterocycles. The van der Waals surface area contributed by atoms with E-state index in [0.717, 1.165) is 11.1 Å². The van der Waals surface area contributed by atoms with Gasteiger partial charge in [0.1, 0.15) is 12.1 Å². The maximum Gasteiger partial charge on any atom is 0.244 e. The summed E-state index contributed by atoms with van der Waals surface area (Å²) in [7, 11) is 3.60. The highest BCUT2D eigenvalue weighted by molar-refractivity contribution is 6.42. The number of ether oxygens (including phenoxy) is 1. The number of amides is 1. The van der Waals surface area contributed by atoms with Crippen LogP contribution in [0.5, 0.6) is 0 Å². The molecule has 6 nitrogen and oxygen atoms in total. The zero-order valence-corrected chi connectivity index (χ0v) is 15.6. The molecule has 1 amide bonds. The average molecular weight is 383 g/mol. The molecule has 2 unspecified atom stereocenters. The molecular formula is C17H20Cl2N4O2. The number of morpholine rings is 1. The highest BCUT2D eigenvalue weighted by Gasteiger charge is 2.31. The predicted octanol–water partition coefficient (Wildman–Crippen LogP) is 2.59. The normalized spacial score (nSPS) is 19.0. The molecule has 0 spiro atoms. The fourth-order valence-corrected chi connectivity index (χ4v) is 3.27. The molecule has 1 aliphatic rings. The molecule has 1 N–H and O–H groups in total. The Morgan fingerprint density at radius 1 is 1.40 bits per heavy atom. The molecule has 2 aromatic rings. The van der Waals surface area contributed by atoms with Crippen molar-refractivity contribution in [3.63, 3.8) is 0 Å². The Labute approximate surface area is 156 Å². The second-order valence-corrected chi connectivity index (χ2v) is 6.80. The van der Waals surface area contributed by atoms with Crippen molar-refractivity contribution in [1.29, 1.82) is 0 Å². The molecule has 134 valence electrons. The van der Waals surface area contributed by atoms with E-state index in [0.29, 0.717) is 29.7 Å². The van der Waals surface area contributed by atoms with Crippen LogP contribution in [0.3, 0.4) is 0 Å². The van der Waals surface area contributed by atoms with Crippen LogP contribution in [0.4, 0.5) is 0 Å². The van der Waals surface area contributed by atoms with Gasteiger partial charge < -0.3 is 15.0 Å². The zero-order valence-electron chi connectivity index (χ0n) is 14.1. The molecule has 25 heavy (non-hydrogen) atoms. The monoisotopic (exact) mass is 382 g/mol. The van der Waals surface area contributed by atoms with Gasteiger partial charge in [0.15, 0.2) is 0 Å². The molecule has 1 saturated heterocycles. The number of rotatable bonds is 4. The summed E-state index contributed by atoms with van der Waals surface area (Å²) >= 11 is 12.1. The van der Waals surface area contributed by atoms with Gasteiger partial charge in [-0.25, -0.2) is 0 Å². The van der Waals surface area contributed by atoms with Gasteiger partial charge in [-0.3, -0.25) is 9.48 Å². The summed E-state index contributed by atoms with van der Waals surface area (Å²) in [6, 6.07) is 4.99. The summed E-state index contributed by atoms with van der Waals surface area (Å²) in [4.78, 5) is 14.8. The summed E-state index contributed by atoms with van der Waals surface area (Å²) in [5, 5.41) is 8.21. The largest absolute Gasteiger partial charge is 0.370 e. The van der Waals surface area contributed by atoms with Gasteiger partial charge in [0.25, 0.3) is 0 Å². The number of carbonyl (C=O) groups excluding carboxylic acids is 1. The van der Waals surface area contributed by atoms with Crippen LogP contribution in [0.25, 0.3) is 0 Å². The number of benzene rings is 1. The Morgan fingerprint density at radius 3 is 2.84 bits per heavy atom. The third kappa shape index (κ3) is 3.98. The third-order valence-corrected chi connectivity index (χ3v) is 5.03. The lowest BCUT2D eigenvalue weighted by Crippen LogP contribution is -2.46. The van der Waals surface area contributed by atoms with E-state index in [1.165, 1.54) is 0 Å². The molecule has 3 rings (SSSR count). The lowest BCUT2D eigenvalue weighted by molar-refractivity contribution is -0.141. The van der Waals surface area contributed by atoms with Crippen LogP contribution >= 0.6 is 23.2 Å². The molecule has 8 heteroatoms. The number of likely N-dealkylation sites (N-methyl/N-ethyl adjacent to an activating group) is 1. The molecule has 1 aromatic heterocycles. The quantitative estimate of drug-likeness (QED) is 0.882. The van der Waals surface area contributed by atoms with Crippen LogP contribution in [0.2, 0.25) is 10.0 Å². The smallest absolute Gasteiger partial charge is 0.244 e. The topological polar surface area (TPSA) is 59.4 Å². The molecule has 0 aliphatic carbocycles. The first-order valence-corrected chi connectivity index (χ1v) is 8.76. The molecular weight excluding hydrogens is 363 g/mol. The van der Waals surface area contributed by atoms with E-state index in [9.17, 15) is 4.79 Å². The first kappa shape index (κ1) is 18.2. The number of nitrogens with zero attached hydrogens (tertiary/aromatic N) is 3. The second kappa shape index (κ2) is 7.74. The van der Waals surface area contributed by atoms with Crippen molar-refractivity contribution >= 4 is 29.1 Å². The number of hydrogen-bond donors (Lipinski definition) is 1. The summed E-state index contributed by atoms with van der Waals surface area (Å²) < 4.78 is 7.52. The van der Waals surface area contributed by atoms with Crippen LogP contribution in [-0.4, -0.2) is 47.3 Å².